The second-order valence-corrected chi connectivity index (χ2v) is 6.05. The largest absolute Gasteiger partial charge is 0.493 e. The van der Waals surface area contributed by atoms with Crippen molar-refractivity contribution in [2.75, 3.05) is 6.61 Å². The van der Waals surface area contributed by atoms with Gasteiger partial charge in [0.05, 0.1) is 12.7 Å². The molecule has 0 heterocycles. The number of ether oxygens (including phenoxy) is 1. The quantitative estimate of drug-likeness (QED) is 0.751. The summed E-state index contributed by atoms with van der Waals surface area (Å²) in [6.07, 6.45) is 9.52. The Bertz CT molecular complexity index is 381. The molecule has 1 aliphatic rings. The molecule has 1 fully saturated rings. The summed E-state index contributed by atoms with van der Waals surface area (Å²) in [6.45, 7) is 2.92. The van der Waals surface area contributed by atoms with Gasteiger partial charge in [-0.3, -0.25) is 0 Å². The average Bonchev–Trinajstić information content (AvgIpc) is 2.74. The standard InChI is InChI=1S/C18H28O2/c1-2-8-18(19)16-11-7-12-17(13-16)20-14-15-9-5-3-4-6-10-15/h7,11-13,15,18-19H,2-6,8-10,14H2,1H3/t18-/m1/s1. The Morgan fingerprint density at radius 3 is 2.65 bits per heavy atom. The molecule has 0 aromatic heterocycles. The molecule has 1 aromatic carbocycles. The highest BCUT2D eigenvalue weighted by atomic mass is 16.5. The van der Waals surface area contributed by atoms with Gasteiger partial charge in [0, 0.05) is 0 Å². The first kappa shape index (κ1) is 15.4. The number of aliphatic hydroxyl groups excluding tert-OH is 1. The van der Waals surface area contributed by atoms with Gasteiger partial charge in [-0.05, 0) is 42.9 Å². The molecule has 1 N–H and O–H groups in total. The molecule has 0 saturated heterocycles. The lowest BCUT2D eigenvalue weighted by atomic mass is 10.0. The lowest BCUT2D eigenvalue weighted by molar-refractivity contribution is 0.165. The number of hydrogen-bond acceptors (Lipinski definition) is 2. The number of aliphatic hydroxyl groups is 1. The minimum atomic E-state index is -0.360. The molecule has 2 nitrogen and oxygen atoms in total. The highest BCUT2D eigenvalue weighted by Crippen LogP contribution is 2.26. The van der Waals surface area contributed by atoms with Crippen molar-refractivity contribution in [1.29, 1.82) is 0 Å². The van der Waals surface area contributed by atoms with Gasteiger partial charge in [0.2, 0.25) is 0 Å². The van der Waals surface area contributed by atoms with Crippen molar-refractivity contribution in [3.8, 4) is 5.75 Å². The van der Waals surface area contributed by atoms with Gasteiger partial charge < -0.3 is 9.84 Å². The molecule has 2 rings (SSSR count). The molecule has 0 radical (unpaired) electrons. The van der Waals surface area contributed by atoms with Crippen LogP contribution in [0.4, 0.5) is 0 Å². The number of rotatable bonds is 6. The van der Waals surface area contributed by atoms with Crippen LogP contribution in [-0.2, 0) is 0 Å². The van der Waals surface area contributed by atoms with Gasteiger partial charge in [0.1, 0.15) is 5.75 Å². The second kappa shape index (κ2) is 8.31. The average molecular weight is 276 g/mol. The fourth-order valence-electron chi connectivity index (χ4n) is 3.00. The van der Waals surface area contributed by atoms with Gasteiger partial charge in [-0.15, -0.1) is 0 Å². The normalized spacial score (nSPS) is 18.5. The van der Waals surface area contributed by atoms with Crippen molar-refractivity contribution < 1.29 is 9.84 Å². The van der Waals surface area contributed by atoms with E-state index in [9.17, 15) is 5.11 Å². The van der Waals surface area contributed by atoms with Gasteiger partial charge in [-0.25, -0.2) is 0 Å². The predicted molar refractivity (Wildman–Crippen MR) is 83.0 cm³/mol. The Balaban J connectivity index is 1.87. The minimum absolute atomic E-state index is 0.360. The molecule has 1 atom stereocenters. The van der Waals surface area contributed by atoms with E-state index in [1.165, 1.54) is 38.5 Å². The maximum Gasteiger partial charge on any atom is 0.119 e. The predicted octanol–water partition coefficient (Wildman–Crippen LogP) is 4.87. The highest BCUT2D eigenvalue weighted by molar-refractivity contribution is 5.29. The molecule has 0 amide bonds. The van der Waals surface area contributed by atoms with Gasteiger partial charge in [0.25, 0.3) is 0 Å². The third-order valence-electron chi connectivity index (χ3n) is 4.27. The van der Waals surface area contributed by atoms with Crippen LogP contribution in [0.5, 0.6) is 5.75 Å². The summed E-state index contributed by atoms with van der Waals surface area (Å²) in [6, 6.07) is 7.96. The van der Waals surface area contributed by atoms with Gasteiger partial charge in [-0.2, -0.15) is 0 Å². The van der Waals surface area contributed by atoms with E-state index in [2.05, 4.69) is 6.92 Å². The first-order valence-electron chi connectivity index (χ1n) is 8.20. The molecule has 1 saturated carbocycles. The molecule has 20 heavy (non-hydrogen) atoms. The van der Waals surface area contributed by atoms with Crippen LogP contribution in [-0.4, -0.2) is 11.7 Å². The summed E-state index contributed by atoms with van der Waals surface area (Å²) >= 11 is 0. The number of hydrogen-bond donors (Lipinski definition) is 1. The van der Waals surface area contributed by atoms with Crippen molar-refractivity contribution in [3.05, 3.63) is 29.8 Å². The van der Waals surface area contributed by atoms with E-state index < -0.39 is 0 Å². The van der Waals surface area contributed by atoms with Crippen LogP contribution < -0.4 is 4.74 Å². The Morgan fingerprint density at radius 1 is 1.20 bits per heavy atom. The van der Waals surface area contributed by atoms with Gasteiger partial charge in [-0.1, -0.05) is 51.2 Å². The fraction of sp³-hybridized carbons (Fsp3) is 0.667. The highest BCUT2D eigenvalue weighted by Gasteiger charge is 2.13. The Hall–Kier alpha value is -1.02. The minimum Gasteiger partial charge on any atom is -0.493 e. The molecule has 112 valence electrons. The third kappa shape index (κ3) is 4.82. The molecule has 0 unspecified atom stereocenters. The zero-order valence-corrected chi connectivity index (χ0v) is 12.7. The summed E-state index contributed by atoms with van der Waals surface area (Å²) in [5.41, 5.74) is 0.977. The summed E-state index contributed by atoms with van der Waals surface area (Å²) in [4.78, 5) is 0. The molecule has 1 aliphatic carbocycles. The van der Waals surface area contributed by atoms with Crippen molar-refractivity contribution in [2.45, 2.75) is 64.4 Å². The zero-order chi connectivity index (χ0) is 14.2. The van der Waals surface area contributed by atoms with Gasteiger partial charge >= 0.3 is 0 Å². The van der Waals surface area contributed by atoms with Crippen molar-refractivity contribution in [2.24, 2.45) is 5.92 Å². The van der Waals surface area contributed by atoms with E-state index in [-0.39, 0.29) is 6.10 Å². The molecule has 1 aromatic rings. The SMILES string of the molecule is CCC[C@@H](O)c1cccc(OCC2CCCCCC2)c1. The summed E-state index contributed by atoms with van der Waals surface area (Å²) < 4.78 is 5.96. The van der Waals surface area contributed by atoms with E-state index in [4.69, 9.17) is 4.74 Å². The summed E-state index contributed by atoms with van der Waals surface area (Å²) in [5, 5.41) is 10.0. The maximum atomic E-state index is 10.0. The van der Waals surface area contributed by atoms with E-state index in [1.807, 2.05) is 24.3 Å². The lowest BCUT2D eigenvalue weighted by Gasteiger charge is -2.16. The Kier molecular flexibility index (Phi) is 6.38. The van der Waals surface area contributed by atoms with Crippen molar-refractivity contribution >= 4 is 0 Å². The topological polar surface area (TPSA) is 29.5 Å². The van der Waals surface area contributed by atoms with Crippen molar-refractivity contribution in [3.63, 3.8) is 0 Å². The third-order valence-corrected chi connectivity index (χ3v) is 4.27. The van der Waals surface area contributed by atoms with Gasteiger partial charge in [0.15, 0.2) is 0 Å². The molecule has 0 aliphatic heterocycles. The van der Waals surface area contributed by atoms with Crippen molar-refractivity contribution in [1.82, 2.24) is 0 Å². The van der Waals surface area contributed by atoms with E-state index in [0.29, 0.717) is 5.92 Å². The number of benzene rings is 1. The van der Waals surface area contributed by atoms with Crippen LogP contribution in [0.25, 0.3) is 0 Å². The monoisotopic (exact) mass is 276 g/mol. The van der Waals surface area contributed by atoms with Crippen LogP contribution in [0.3, 0.4) is 0 Å². The van der Waals surface area contributed by atoms with E-state index in [1.54, 1.807) is 0 Å². The molecule has 0 spiro atoms. The smallest absolute Gasteiger partial charge is 0.119 e. The van der Waals surface area contributed by atoms with Crippen LogP contribution in [0, 0.1) is 5.92 Å². The first-order chi connectivity index (χ1) is 9.79. The van der Waals surface area contributed by atoms with Crippen LogP contribution in [0.1, 0.15) is 70.0 Å². The summed E-state index contributed by atoms with van der Waals surface area (Å²) in [5.74, 6) is 1.61. The summed E-state index contributed by atoms with van der Waals surface area (Å²) in [7, 11) is 0. The van der Waals surface area contributed by atoms with Crippen LogP contribution in [0.15, 0.2) is 24.3 Å². The molecular formula is C18H28O2. The first-order valence-corrected chi connectivity index (χ1v) is 8.20. The van der Waals surface area contributed by atoms with Crippen LogP contribution in [0.2, 0.25) is 0 Å². The molecule has 0 bridgehead atoms. The second-order valence-electron chi connectivity index (χ2n) is 6.05. The maximum absolute atomic E-state index is 10.0. The molecular weight excluding hydrogens is 248 g/mol. The lowest BCUT2D eigenvalue weighted by Crippen LogP contribution is -2.11. The Morgan fingerprint density at radius 2 is 1.95 bits per heavy atom. The molecule has 2 heteroatoms. The fourth-order valence-corrected chi connectivity index (χ4v) is 3.00. The Labute approximate surface area is 123 Å². The zero-order valence-electron chi connectivity index (χ0n) is 12.7. The van der Waals surface area contributed by atoms with E-state index in [0.717, 1.165) is 30.8 Å². The van der Waals surface area contributed by atoms with E-state index >= 15 is 0 Å². The van der Waals surface area contributed by atoms with Crippen LogP contribution >= 0.6 is 0 Å².